The number of rotatable bonds is 11. The van der Waals surface area contributed by atoms with Crippen molar-refractivity contribution in [3.8, 4) is 50.2 Å². The normalized spacial score (nSPS) is 13.9. The third-order valence-corrected chi connectivity index (χ3v) is 16.7. The number of aromatic nitrogens is 1. The zero-order valence-corrected chi connectivity index (χ0v) is 43.8. The Balaban J connectivity index is 0.862. The van der Waals surface area contributed by atoms with Gasteiger partial charge >= 0.3 is 0 Å². The summed E-state index contributed by atoms with van der Waals surface area (Å²) in [6.45, 7) is 9.31. The summed E-state index contributed by atoms with van der Waals surface area (Å²) in [7, 11) is 0. The standard InChI is InChI=1S/C76H56N2/c1-4-61(47-58-51-76(59-23-11-6-12-24-59,60-25-13-7-14-26-60)70-31-19-17-29-65(58)70)77(64-43-45-67-66-44-39-57(52-21-9-5-10-22-52)49-71(66)75(2,3)72(67)50-64)63-41-37-54(38-42-63)53-33-35-55(36-34-53)56-40-46-74-69(48-56)68-30-18-20-32-73(68)78(74)62-27-15-8-16-28-62/h4-51H,1H2,2-3H3/b61-47+. The molecule has 12 aromatic rings. The second-order valence-electron chi connectivity index (χ2n) is 21.3. The highest BCUT2D eigenvalue weighted by Crippen LogP contribution is 2.53. The monoisotopic (exact) mass is 996 g/mol. The Labute approximate surface area is 457 Å². The molecule has 0 fully saturated rings. The van der Waals surface area contributed by atoms with Crippen LogP contribution in [0.25, 0.3) is 77.6 Å². The van der Waals surface area contributed by atoms with E-state index in [9.17, 15) is 0 Å². The van der Waals surface area contributed by atoms with Gasteiger partial charge < -0.3 is 9.47 Å². The molecule has 0 unspecified atom stereocenters. The molecule has 370 valence electrons. The first-order valence-corrected chi connectivity index (χ1v) is 27.1. The molecule has 2 aliphatic rings. The van der Waals surface area contributed by atoms with Crippen LogP contribution >= 0.6 is 0 Å². The van der Waals surface area contributed by atoms with E-state index in [4.69, 9.17) is 0 Å². The summed E-state index contributed by atoms with van der Waals surface area (Å²) in [6.07, 6.45) is 6.85. The highest BCUT2D eigenvalue weighted by molar-refractivity contribution is 6.10. The smallest absolute Gasteiger partial charge is 0.0647 e. The van der Waals surface area contributed by atoms with Crippen molar-refractivity contribution in [1.82, 2.24) is 4.57 Å². The molecule has 1 aromatic heterocycles. The minimum Gasteiger partial charge on any atom is -0.310 e. The van der Waals surface area contributed by atoms with E-state index >= 15 is 0 Å². The van der Waals surface area contributed by atoms with Gasteiger partial charge in [0.05, 0.1) is 16.4 Å². The van der Waals surface area contributed by atoms with Crippen molar-refractivity contribution in [1.29, 1.82) is 0 Å². The number of para-hydroxylation sites is 2. The largest absolute Gasteiger partial charge is 0.310 e. The predicted molar refractivity (Wildman–Crippen MR) is 329 cm³/mol. The van der Waals surface area contributed by atoms with Gasteiger partial charge in [-0.15, -0.1) is 0 Å². The summed E-state index contributed by atoms with van der Waals surface area (Å²) in [4.78, 5) is 2.40. The third kappa shape index (κ3) is 7.63. The second kappa shape index (κ2) is 18.8. The van der Waals surface area contributed by atoms with Gasteiger partial charge in [-0.05, 0) is 156 Å². The van der Waals surface area contributed by atoms with Gasteiger partial charge in [-0.3, -0.25) is 0 Å². The molecular formula is C76H56N2. The van der Waals surface area contributed by atoms with Gasteiger partial charge in [-0.1, -0.05) is 239 Å². The SMILES string of the molecule is C=C/C(=C\C1=CC(c2ccccc2)(c2ccccc2)c2ccccc21)N(c1ccc(-c2ccc(-c3ccc4c(c3)c3ccccc3n4-c3ccccc3)cc2)cc1)c1ccc2c(c1)C(C)(C)c1cc(-c3ccccc3)ccc1-2. The molecule has 11 aromatic carbocycles. The van der Waals surface area contributed by atoms with Gasteiger partial charge in [0.15, 0.2) is 0 Å². The zero-order chi connectivity index (χ0) is 52.4. The molecule has 0 saturated carbocycles. The first-order valence-electron chi connectivity index (χ1n) is 27.1. The molecule has 1 heterocycles. The van der Waals surface area contributed by atoms with E-state index in [0.717, 1.165) is 39.5 Å². The Kier molecular flexibility index (Phi) is 11.3. The van der Waals surface area contributed by atoms with E-state index < -0.39 is 5.41 Å². The maximum Gasteiger partial charge on any atom is 0.0647 e. The summed E-state index contributed by atoms with van der Waals surface area (Å²) in [5.74, 6) is 0. The van der Waals surface area contributed by atoms with Gasteiger partial charge in [0, 0.05) is 38.9 Å². The maximum atomic E-state index is 4.56. The Bertz CT molecular complexity index is 4270. The Hall–Kier alpha value is -9.76. The molecule has 0 spiro atoms. The molecule has 2 nitrogen and oxygen atoms in total. The fourth-order valence-corrected chi connectivity index (χ4v) is 12.8. The van der Waals surface area contributed by atoms with Gasteiger partial charge in [0.25, 0.3) is 0 Å². The van der Waals surface area contributed by atoms with Crippen molar-refractivity contribution in [3.63, 3.8) is 0 Å². The molecule has 2 aliphatic carbocycles. The summed E-state index contributed by atoms with van der Waals surface area (Å²) >= 11 is 0. The van der Waals surface area contributed by atoms with Crippen LogP contribution in [0, 0.1) is 0 Å². The summed E-state index contributed by atoms with van der Waals surface area (Å²) in [5.41, 5.74) is 24.4. The second-order valence-corrected chi connectivity index (χ2v) is 21.3. The molecule has 0 N–H and O–H groups in total. The quantitative estimate of drug-likeness (QED) is 0.117. The van der Waals surface area contributed by atoms with Crippen molar-refractivity contribution in [3.05, 3.63) is 337 Å². The lowest BCUT2D eigenvalue weighted by Gasteiger charge is -2.30. The highest BCUT2D eigenvalue weighted by atomic mass is 15.1. The van der Waals surface area contributed by atoms with Crippen molar-refractivity contribution in [2.24, 2.45) is 0 Å². The average molecular weight is 997 g/mol. The van der Waals surface area contributed by atoms with Crippen LogP contribution in [0.4, 0.5) is 11.4 Å². The van der Waals surface area contributed by atoms with Gasteiger partial charge in [0.1, 0.15) is 0 Å². The molecule has 78 heavy (non-hydrogen) atoms. The van der Waals surface area contributed by atoms with Crippen LogP contribution in [0.15, 0.2) is 303 Å². The molecule has 0 bridgehead atoms. The van der Waals surface area contributed by atoms with Crippen molar-refractivity contribution >= 4 is 38.8 Å². The fraction of sp³-hybridized carbons (Fsp3) is 0.0526. The molecule has 14 rings (SSSR count). The summed E-state index contributed by atoms with van der Waals surface area (Å²) in [5, 5.41) is 2.50. The van der Waals surface area contributed by atoms with E-state index in [0.29, 0.717) is 0 Å². The first kappa shape index (κ1) is 46.7. The van der Waals surface area contributed by atoms with Crippen LogP contribution in [0.2, 0.25) is 0 Å². The Morgan fingerprint density at radius 1 is 0.397 bits per heavy atom. The van der Waals surface area contributed by atoms with Crippen molar-refractivity contribution in [2.45, 2.75) is 24.7 Å². The van der Waals surface area contributed by atoms with E-state index in [2.05, 4.69) is 315 Å². The number of hydrogen-bond acceptors (Lipinski definition) is 1. The zero-order valence-electron chi connectivity index (χ0n) is 43.8. The molecule has 0 saturated heterocycles. The topological polar surface area (TPSA) is 8.17 Å². The molecule has 0 radical (unpaired) electrons. The van der Waals surface area contributed by atoms with Gasteiger partial charge in [0.2, 0.25) is 0 Å². The van der Waals surface area contributed by atoms with Gasteiger partial charge in [-0.25, -0.2) is 0 Å². The lowest BCUT2D eigenvalue weighted by atomic mass is 9.71. The molecule has 2 heteroatoms. The molecule has 0 aliphatic heterocycles. The summed E-state index contributed by atoms with van der Waals surface area (Å²) in [6, 6.07) is 100.0. The predicted octanol–water partition coefficient (Wildman–Crippen LogP) is 19.7. The van der Waals surface area contributed by atoms with Crippen LogP contribution in [0.1, 0.15) is 47.2 Å². The Morgan fingerprint density at radius 3 is 1.56 bits per heavy atom. The van der Waals surface area contributed by atoms with Crippen molar-refractivity contribution in [2.75, 3.05) is 4.90 Å². The van der Waals surface area contributed by atoms with Crippen LogP contribution < -0.4 is 4.90 Å². The lowest BCUT2D eigenvalue weighted by Crippen LogP contribution is -2.25. The van der Waals surface area contributed by atoms with E-state index in [1.54, 1.807) is 0 Å². The van der Waals surface area contributed by atoms with E-state index in [1.165, 1.54) is 88.6 Å². The molecular weight excluding hydrogens is 941 g/mol. The molecule has 0 atom stereocenters. The number of benzene rings is 11. The van der Waals surface area contributed by atoms with Crippen LogP contribution in [-0.2, 0) is 10.8 Å². The maximum absolute atomic E-state index is 4.56. The number of hydrogen-bond donors (Lipinski definition) is 0. The first-order chi connectivity index (χ1) is 38.4. The number of anilines is 2. The minimum absolute atomic E-state index is 0.240. The van der Waals surface area contributed by atoms with Crippen LogP contribution in [0.5, 0.6) is 0 Å². The minimum atomic E-state index is -0.489. The fourth-order valence-electron chi connectivity index (χ4n) is 12.8. The highest BCUT2D eigenvalue weighted by Gasteiger charge is 2.41. The van der Waals surface area contributed by atoms with Crippen molar-refractivity contribution < 1.29 is 0 Å². The average Bonchev–Trinajstić information content (AvgIpc) is 4.28. The van der Waals surface area contributed by atoms with Crippen LogP contribution in [-0.4, -0.2) is 4.57 Å². The van der Waals surface area contributed by atoms with Crippen LogP contribution in [0.3, 0.4) is 0 Å². The number of fused-ring (bicyclic) bond motifs is 7. The van der Waals surface area contributed by atoms with Gasteiger partial charge in [-0.2, -0.15) is 0 Å². The van der Waals surface area contributed by atoms with E-state index in [1.807, 2.05) is 6.08 Å². The van der Waals surface area contributed by atoms with E-state index in [-0.39, 0.29) is 5.41 Å². The number of nitrogens with zero attached hydrogens (tertiary/aromatic N) is 2. The summed E-state index contributed by atoms with van der Waals surface area (Å²) < 4.78 is 2.37. The third-order valence-electron chi connectivity index (χ3n) is 16.7. The number of allylic oxidation sites excluding steroid dienone is 4. The Morgan fingerprint density at radius 2 is 0.885 bits per heavy atom. The lowest BCUT2D eigenvalue weighted by molar-refractivity contribution is 0.660. The molecule has 0 amide bonds.